The third-order valence-corrected chi connectivity index (χ3v) is 3.49. The zero-order valence-corrected chi connectivity index (χ0v) is 7.77. The highest BCUT2D eigenvalue weighted by molar-refractivity contribution is 7.11. The number of rotatable bonds is 2. The fourth-order valence-corrected chi connectivity index (χ4v) is 2.79. The predicted octanol–water partition coefficient (Wildman–Crippen LogP) is 3.22. The largest absolute Gasteiger partial charge is 0.297 e. The molecule has 0 amide bonds. The Morgan fingerprint density at radius 1 is 1.42 bits per heavy atom. The Morgan fingerprint density at radius 3 is 2.83 bits per heavy atom. The van der Waals surface area contributed by atoms with Gasteiger partial charge in [-0.1, -0.05) is 12.8 Å². The van der Waals surface area contributed by atoms with Gasteiger partial charge >= 0.3 is 0 Å². The average molecular weight is 180 g/mol. The highest BCUT2D eigenvalue weighted by Gasteiger charge is 2.19. The Hall–Kier alpha value is -0.630. The van der Waals surface area contributed by atoms with Gasteiger partial charge in [0.2, 0.25) is 0 Å². The van der Waals surface area contributed by atoms with Gasteiger partial charge in [0.25, 0.3) is 0 Å². The van der Waals surface area contributed by atoms with Crippen molar-refractivity contribution in [2.45, 2.75) is 31.6 Å². The van der Waals surface area contributed by atoms with Crippen molar-refractivity contribution in [1.82, 2.24) is 0 Å². The molecule has 1 heterocycles. The first-order valence-electron chi connectivity index (χ1n) is 4.44. The second-order valence-electron chi connectivity index (χ2n) is 3.34. The van der Waals surface area contributed by atoms with E-state index in [-0.39, 0.29) is 0 Å². The van der Waals surface area contributed by atoms with E-state index in [4.69, 9.17) is 0 Å². The van der Waals surface area contributed by atoms with E-state index in [0.29, 0.717) is 5.92 Å². The summed E-state index contributed by atoms with van der Waals surface area (Å²) in [5.74, 6) is 0.677. The van der Waals surface area contributed by atoms with Crippen molar-refractivity contribution >= 4 is 17.6 Å². The van der Waals surface area contributed by atoms with Crippen molar-refractivity contribution < 1.29 is 4.79 Å². The molecule has 0 aliphatic heterocycles. The molecule has 0 atom stereocenters. The molecule has 0 spiro atoms. The van der Waals surface area contributed by atoms with Crippen molar-refractivity contribution in [1.29, 1.82) is 0 Å². The van der Waals surface area contributed by atoms with E-state index in [1.807, 2.05) is 5.38 Å². The number of carbonyl (C=O) groups excluding carboxylic acids is 1. The van der Waals surface area contributed by atoms with Crippen LogP contribution in [0.25, 0.3) is 0 Å². The fraction of sp³-hybridized carbons (Fsp3) is 0.500. The monoisotopic (exact) mass is 180 g/mol. The van der Waals surface area contributed by atoms with Gasteiger partial charge in [0.1, 0.15) is 0 Å². The number of thiophene rings is 1. The van der Waals surface area contributed by atoms with Crippen LogP contribution in [0, 0.1) is 0 Å². The molecule has 2 rings (SSSR count). The second kappa shape index (κ2) is 3.40. The summed E-state index contributed by atoms with van der Waals surface area (Å²) in [6.45, 7) is 0. The van der Waals surface area contributed by atoms with Crippen LogP contribution < -0.4 is 0 Å². The molecule has 0 aromatic carbocycles. The van der Waals surface area contributed by atoms with Crippen LogP contribution in [0.3, 0.4) is 0 Å². The lowest BCUT2D eigenvalue weighted by atomic mass is 9.99. The summed E-state index contributed by atoms with van der Waals surface area (Å²) in [4.78, 5) is 11.6. The lowest BCUT2D eigenvalue weighted by Gasteiger charge is -2.06. The van der Waals surface area contributed by atoms with Crippen molar-refractivity contribution in [3.63, 3.8) is 0 Å². The Morgan fingerprint density at radius 2 is 2.17 bits per heavy atom. The zero-order valence-electron chi connectivity index (χ0n) is 6.95. The van der Waals surface area contributed by atoms with Crippen LogP contribution in [0.5, 0.6) is 0 Å². The molecule has 1 aromatic rings. The van der Waals surface area contributed by atoms with Gasteiger partial charge in [0.05, 0.1) is 4.88 Å². The molecule has 1 saturated carbocycles. The fourth-order valence-electron chi connectivity index (χ4n) is 2.00. The standard InChI is InChI=1S/C10H12OS/c11-7-10-9(5-6-12-10)8-3-1-2-4-8/h5-8H,1-4H2. The van der Waals surface area contributed by atoms with E-state index in [0.717, 1.165) is 11.2 Å². The summed E-state index contributed by atoms with van der Waals surface area (Å²) >= 11 is 1.57. The van der Waals surface area contributed by atoms with Crippen LogP contribution >= 0.6 is 11.3 Å². The number of hydrogen-bond donors (Lipinski definition) is 0. The molecule has 1 nitrogen and oxygen atoms in total. The molecule has 1 aromatic heterocycles. The van der Waals surface area contributed by atoms with Gasteiger partial charge in [0.15, 0.2) is 6.29 Å². The van der Waals surface area contributed by atoms with Crippen molar-refractivity contribution in [2.24, 2.45) is 0 Å². The SMILES string of the molecule is O=Cc1sccc1C1CCCC1. The molecule has 0 N–H and O–H groups in total. The molecular formula is C10H12OS. The first-order valence-corrected chi connectivity index (χ1v) is 5.32. The summed E-state index contributed by atoms with van der Waals surface area (Å²) in [7, 11) is 0. The molecule has 0 saturated heterocycles. The maximum absolute atomic E-state index is 10.7. The third kappa shape index (κ3) is 1.31. The van der Waals surface area contributed by atoms with Gasteiger partial charge in [0, 0.05) is 0 Å². The highest BCUT2D eigenvalue weighted by atomic mass is 32.1. The quantitative estimate of drug-likeness (QED) is 0.639. The molecule has 0 unspecified atom stereocenters. The van der Waals surface area contributed by atoms with Crippen LogP contribution in [0.4, 0.5) is 0 Å². The van der Waals surface area contributed by atoms with Crippen molar-refractivity contribution in [2.75, 3.05) is 0 Å². The summed E-state index contributed by atoms with van der Waals surface area (Å²) in [5, 5.41) is 2.03. The number of aldehydes is 1. The Bertz CT molecular complexity index is 271. The van der Waals surface area contributed by atoms with Crippen LogP contribution in [-0.2, 0) is 0 Å². The number of hydrogen-bond acceptors (Lipinski definition) is 2. The van der Waals surface area contributed by atoms with Crippen molar-refractivity contribution in [3.05, 3.63) is 21.9 Å². The van der Waals surface area contributed by atoms with Crippen LogP contribution in [0.15, 0.2) is 11.4 Å². The third-order valence-electron chi connectivity index (χ3n) is 2.63. The van der Waals surface area contributed by atoms with E-state index < -0.39 is 0 Å². The van der Waals surface area contributed by atoms with E-state index in [9.17, 15) is 4.79 Å². The van der Waals surface area contributed by atoms with E-state index in [1.54, 1.807) is 11.3 Å². The van der Waals surface area contributed by atoms with E-state index in [1.165, 1.54) is 31.2 Å². The van der Waals surface area contributed by atoms with Crippen LogP contribution in [-0.4, -0.2) is 6.29 Å². The first-order chi connectivity index (χ1) is 5.92. The summed E-state index contributed by atoms with van der Waals surface area (Å²) < 4.78 is 0. The van der Waals surface area contributed by atoms with Gasteiger partial charge in [-0.15, -0.1) is 11.3 Å². The molecular weight excluding hydrogens is 168 g/mol. The normalized spacial score (nSPS) is 18.3. The smallest absolute Gasteiger partial charge is 0.160 e. The van der Waals surface area contributed by atoms with Gasteiger partial charge in [-0.05, 0) is 35.8 Å². The molecule has 2 heteroatoms. The van der Waals surface area contributed by atoms with Gasteiger partial charge < -0.3 is 0 Å². The number of carbonyl (C=O) groups is 1. The maximum Gasteiger partial charge on any atom is 0.160 e. The maximum atomic E-state index is 10.7. The zero-order chi connectivity index (χ0) is 8.39. The summed E-state index contributed by atoms with van der Waals surface area (Å²) in [6, 6.07) is 2.12. The van der Waals surface area contributed by atoms with E-state index in [2.05, 4.69) is 6.07 Å². The Balaban J connectivity index is 2.25. The van der Waals surface area contributed by atoms with Gasteiger partial charge in [-0.2, -0.15) is 0 Å². The lowest BCUT2D eigenvalue weighted by molar-refractivity contribution is 0.112. The molecule has 0 bridgehead atoms. The Labute approximate surface area is 76.4 Å². The summed E-state index contributed by atoms with van der Waals surface area (Å²) in [5.41, 5.74) is 1.30. The topological polar surface area (TPSA) is 17.1 Å². The highest BCUT2D eigenvalue weighted by Crippen LogP contribution is 2.36. The van der Waals surface area contributed by atoms with Gasteiger partial charge in [-0.25, -0.2) is 0 Å². The lowest BCUT2D eigenvalue weighted by Crippen LogP contribution is -1.92. The van der Waals surface area contributed by atoms with Gasteiger partial charge in [-0.3, -0.25) is 4.79 Å². The Kier molecular flexibility index (Phi) is 2.26. The molecule has 12 heavy (non-hydrogen) atoms. The molecule has 1 aliphatic carbocycles. The minimum atomic E-state index is 0.677. The molecule has 1 aliphatic rings. The summed E-state index contributed by atoms with van der Waals surface area (Å²) in [6.07, 6.45) is 6.21. The predicted molar refractivity (Wildman–Crippen MR) is 50.9 cm³/mol. The minimum absolute atomic E-state index is 0.677. The van der Waals surface area contributed by atoms with Crippen molar-refractivity contribution in [3.8, 4) is 0 Å². The minimum Gasteiger partial charge on any atom is -0.297 e. The van der Waals surface area contributed by atoms with Crippen LogP contribution in [0.1, 0.15) is 46.8 Å². The second-order valence-corrected chi connectivity index (χ2v) is 4.29. The van der Waals surface area contributed by atoms with Crippen LogP contribution in [0.2, 0.25) is 0 Å². The first kappa shape index (κ1) is 7.99. The molecule has 1 fully saturated rings. The molecule has 64 valence electrons. The molecule has 0 radical (unpaired) electrons. The average Bonchev–Trinajstić information content (AvgIpc) is 2.74. The van der Waals surface area contributed by atoms with E-state index >= 15 is 0 Å².